The van der Waals surface area contributed by atoms with Crippen molar-refractivity contribution in [3.63, 3.8) is 0 Å². The molecule has 0 saturated heterocycles. The summed E-state index contributed by atoms with van der Waals surface area (Å²) in [6, 6.07) is 3.69. The average Bonchev–Trinajstić information content (AvgIpc) is 3.09. The molecule has 152 valence electrons. The van der Waals surface area contributed by atoms with Gasteiger partial charge in [-0.25, -0.2) is 0 Å². The molecule has 1 atom stereocenters. The van der Waals surface area contributed by atoms with Crippen molar-refractivity contribution >= 4 is 11.0 Å². The molecule has 4 rings (SSSR count). The maximum Gasteiger partial charge on any atom is 0.204 e. The number of hydrogen-bond donors (Lipinski definition) is 4. The number of hydrogen-bond acceptors (Lipinski definition) is 8. The zero-order valence-electron chi connectivity index (χ0n) is 16.0. The fourth-order valence-corrected chi connectivity index (χ4v) is 3.53. The molecule has 0 bridgehead atoms. The summed E-state index contributed by atoms with van der Waals surface area (Å²) in [6.45, 7) is 3.20. The minimum absolute atomic E-state index is 0.00352. The highest BCUT2D eigenvalue weighted by molar-refractivity contribution is 5.89. The molecule has 3 aromatic rings. The lowest BCUT2D eigenvalue weighted by molar-refractivity contribution is -0.0236. The molecule has 0 fully saturated rings. The summed E-state index contributed by atoms with van der Waals surface area (Å²) in [7, 11) is 1.43. The van der Waals surface area contributed by atoms with Crippen molar-refractivity contribution in [2.24, 2.45) is 0 Å². The van der Waals surface area contributed by atoms with Crippen molar-refractivity contribution in [1.29, 1.82) is 0 Å². The number of methoxy groups -OCH3 is 1. The third kappa shape index (κ3) is 2.92. The second kappa shape index (κ2) is 6.31. The van der Waals surface area contributed by atoms with E-state index in [-0.39, 0.29) is 45.8 Å². The first kappa shape index (κ1) is 18.9. The quantitative estimate of drug-likeness (QED) is 0.528. The minimum atomic E-state index is -1.16. The second-order valence-corrected chi connectivity index (χ2v) is 7.56. The lowest BCUT2D eigenvalue weighted by Gasteiger charge is -2.24. The lowest BCUT2D eigenvalue weighted by atomic mass is 9.94. The molecular weight excluding hydrogens is 380 g/mol. The number of phenols is 3. The van der Waals surface area contributed by atoms with E-state index in [1.807, 2.05) is 0 Å². The fraction of sp³-hybridized carbons (Fsp3) is 0.286. The van der Waals surface area contributed by atoms with E-state index in [9.17, 15) is 25.2 Å². The van der Waals surface area contributed by atoms with Crippen molar-refractivity contribution in [2.45, 2.75) is 32.0 Å². The zero-order valence-corrected chi connectivity index (χ0v) is 16.0. The highest BCUT2D eigenvalue weighted by Crippen LogP contribution is 2.49. The van der Waals surface area contributed by atoms with Gasteiger partial charge in [0.25, 0.3) is 0 Å². The van der Waals surface area contributed by atoms with Crippen LogP contribution in [0.1, 0.15) is 19.4 Å². The topological polar surface area (TPSA) is 130 Å². The standard InChI is InChI=1S/C21H20O8/c1-21(2,26)16-7-11-18(24)10(6-15(27-3)20(11)29-16)12-8-28-14-5-9(22)4-13(23)17(14)19(12)25/h4-6,8,16,22-24,26H,7H2,1-3H3. The smallest absolute Gasteiger partial charge is 0.204 e. The number of fused-ring (bicyclic) bond motifs is 2. The summed E-state index contributed by atoms with van der Waals surface area (Å²) in [6.07, 6.45) is 0.758. The molecule has 0 spiro atoms. The number of ether oxygens (including phenoxy) is 2. The highest BCUT2D eigenvalue weighted by Gasteiger charge is 2.39. The molecule has 8 heteroatoms. The number of benzene rings is 2. The molecule has 4 N–H and O–H groups in total. The van der Waals surface area contributed by atoms with E-state index in [0.29, 0.717) is 11.3 Å². The second-order valence-electron chi connectivity index (χ2n) is 7.56. The Morgan fingerprint density at radius 3 is 2.52 bits per heavy atom. The van der Waals surface area contributed by atoms with Gasteiger partial charge in [-0.1, -0.05) is 0 Å². The van der Waals surface area contributed by atoms with Gasteiger partial charge in [-0.3, -0.25) is 4.79 Å². The number of rotatable bonds is 3. The van der Waals surface area contributed by atoms with Gasteiger partial charge in [0.1, 0.15) is 40.6 Å². The van der Waals surface area contributed by atoms with E-state index < -0.39 is 22.9 Å². The first-order valence-electron chi connectivity index (χ1n) is 8.91. The lowest BCUT2D eigenvalue weighted by Crippen LogP contribution is -2.39. The van der Waals surface area contributed by atoms with Gasteiger partial charge in [-0.05, 0) is 19.9 Å². The van der Waals surface area contributed by atoms with Gasteiger partial charge in [-0.2, -0.15) is 0 Å². The van der Waals surface area contributed by atoms with E-state index in [1.165, 1.54) is 19.2 Å². The average molecular weight is 400 g/mol. The van der Waals surface area contributed by atoms with Crippen LogP contribution in [0.15, 0.2) is 33.7 Å². The van der Waals surface area contributed by atoms with Crippen LogP contribution in [0.3, 0.4) is 0 Å². The van der Waals surface area contributed by atoms with Crippen molar-refractivity contribution < 1.29 is 34.3 Å². The van der Waals surface area contributed by atoms with Crippen LogP contribution in [-0.4, -0.2) is 39.2 Å². The molecule has 1 aliphatic rings. The molecule has 0 amide bonds. The van der Waals surface area contributed by atoms with E-state index >= 15 is 0 Å². The van der Waals surface area contributed by atoms with Crippen molar-refractivity contribution in [3.05, 3.63) is 40.2 Å². The van der Waals surface area contributed by atoms with Gasteiger partial charge in [-0.15, -0.1) is 0 Å². The maximum absolute atomic E-state index is 13.0. The minimum Gasteiger partial charge on any atom is -0.508 e. The summed E-state index contributed by atoms with van der Waals surface area (Å²) < 4.78 is 16.6. The monoisotopic (exact) mass is 400 g/mol. The van der Waals surface area contributed by atoms with Crippen LogP contribution >= 0.6 is 0 Å². The molecule has 2 aromatic carbocycles. The van der Waals surface area contributed by atoms with Crippen LogP contribution in [0, 0.1) is 0 Å². The predicted molar refractivity (Wildman–Crippen MR) is 104 cm³/mol. The Hall–Kier alpha value is -3.39. The van der Waals surface area contributed by atoms with Crippen LogP contribution in [0.25, 0.3) is 22.1 Å². The molecule has 29 heavy (non-hydrogen) atoms. The van der Waals surface area contributed by atoms with Crippen LogP contribution in [0.4, 0.5) is 0 Å². The normalized spacial score (nSPS) is 15.9. The molecule has 0 radical (unpaired) electrons. The van der Waals surface area contributed by atoms with Gasteiger partial charge < -0.3 is 34.3 Å². The van der Waals surface area contributed by atoms with Crippen molar-refractivity contribution in [3.8, 4) is 39.9 Å². The van der Waals surface area contributed by atoms with E-state index in [0.717, 1.165) is 12.3 Å². The van der Waals surface area contributed by atoms with Crippen LogP contribution in [0.5, 0.6) is 28.7 Å². The SMILES string of the molecule is COc1cc(-c2coc3cc(O)cc(O)c3c2=O)c(O)c2c1OC(C(C)(C)O)C2. The Morgan fingerprint density at radius 1 is 1.14 bits per heavy atom. The van der Waals surface area contributed by atoms with E-state index in [1.54, 1.807) is 13.8 Å². The van der Waals surface area contributed by atoms with Crippen LogP contribution < -0.4 is 14.9 Å². The van der Waals surface area contributed by atoms with Gasteiger partial charge in [0.2, 0.25) is 5.43 Å². The summed E-state index contributed by atoms with van der Waals surface area (Å²) in [5.74, 6) is -0.290. The molecule has 0 saturated carbocycles. The van der Waals surface area contributed by atoms with Crippen molar-refractivity contribution in [2.75, 3.05) is 7.11 Å². The van der Waals surface area contributed by atoms with E-state index in [2.05, 4.69) is 0 Å². The fourth-order valence-electron chi connectivity index (χ4n) is 3.53. The van der Waals surface area contributed by atoms with Gasteiger partial charge in [0, 0.05) is 29.7 Å². The maximum atomic E-state index is 13.0. The molecule has 8 nitrogen and oxygen atoms in total. The molecule has 1 aliphatic heterocycles. The first-order chi connectivity index (χ1) is 13.6. The first-order valence-corrected chi connectivity index (χ1v) is 8.91. The van der Waals surface area contributed by atoms with Crippen LogP contribution in [-0.2, 0) is 6.42 Å². The molecule has 2 heterocycles. The largest absolute Gasteiger partial charge is 0.508 e. The van der Waals surface area contributed by atoms with Gasteiger partial charge in [0.15, 0.2) is 11.5 Å². The highest BCUT2D eigenvalue weighted by atomic mass is 16.5. The Morgan fingerprint density at radius 2 is 1.86 bits per heavy atom. The Bertz CT molecular complexity index is 1190. The number of phenolic OH excluding ortho intramolecular Hbond substituents is 3. The number of aromatic hydroxyl groups is 3. The molecule has 0 aliphatic carbocycles. The summed E-state index contributed by atoms with van der Waals surface area (Å²) in [5, 5.41) is 40.7. The third-order valence-electron chi connectivity index (χ3n) is 5.10. The Labute approximate surface area is 165 Å². The Balaban J connectivity index is 1.94. The van der Waals surface area contributed by atoms with Gasteiger partial charge in [0.05, 0.1) is 18.3 Å². The summed E-state index contributed by atoms with van der Waals surface area (Å²) >= 11 is 0. The summed E-state index contributed by atoms with van der Waals surface area (Å²) in [5.41, 5.74) is -1.19. The molecular formula is C21H20O8. The molecule has 1 aromatic heterocycles. The summed E-state index contributed by atoms with van der Waals surface area (Å²) in [4.78, 5) is 13.0. The van der Waals surface area contributed by atoms with Crippen molar-refractivity contribution in [1.82, 2.24) is 0 Å². The predicted octanol–water partition coefficient (Wildman–Crippen LogP) is 2.66. The van der Waals surface area contributed by atoms with E-state index in [4.69, 9.17) is 13.9 Å². The zero-order chi connectivity index (χ0) is 21.1. The number of aliphatic hydroxyl groups is 1. The van der Waals surface area contributed by atoms with Gasteiger partial charge >= 0.3 is 0 Å². The van der Waals surface area contributed by atoms with Crippen LogP contribution in [0.2, 0.25) is 0 Å². The Kier molecular flexibility index (Phi) is 4.13. The molecule has 1 unspecified atom stereocenters. The third-order valence-corrected chi connectivity index (χ3v) is 5.10.